The molecular formula is C21H25FN3O2S+. The number of thiazole rings is 1. The summed E-state index contributed by atoms with van der Waals surface area (Å²) in [6.45, 7) is 3.84. The third-order valence-corrected chi connectivity index (χ3v) is 5.36. The van der Waals surface area contributed by atoms with Gasteiger partial charge in [-0.05, 0) is 36.8 Å². The van der Waals surface area contributed by atoms with E-state index in [-0.39, 0.29) is 18.1 Å². The highest BCUT2D eigenvalue weighted by Gasteiger charge is 2.21. The van der Waals surface area contributed by atoms with Crippen LogP contribution in [0.2, 0.25) is 0 Å². The van der Waals surface area contributed by atoms with Crippen molar-refractivity contribution < 1.29 is 18.8 Å². The van der Waals surface area contributed by atoms with E-state index >= 15 is 0 Å². The van der Waals surface area contributed by atoms with Crippen molar-refractivity contribution in [2.24, 2.45) is 0 Å². The Hall–Kier alpha value is -2.51. The molecule has 0 fully saturated rings. The second-order valence-electron chi connectivity index (χ2n) is 6.84. The zero-order chi connectivity index (χ0) is 20.1. The lowest BCUT2D eigenvalue weighted by atomic mass is 10.1. The number of likely N-dealkylation sites (N-methyl/N-ethyl adjacent to an activating group) is 1. The summed E-state index contributed by atoms with van der Waals surface area (Å²) in [7, 11) is 4.07. The summed E-state index contributed by atoms with van der Waals surface area (Å²) in [5.74, 6) is 0.371. The number of aromatic nitrogens is 1. The van der Waals surface area contributed by atoms with E-state index < -0.39 is 0 Å². The number of halogens is 1. The second-order valence-corrected chi connectivity index (χ2v) is 7.85. The summed E-state index contributed by atoms with van der Waals surface area (Å²) < 4.78 is 20.2. The van der Waals surface area contributed by atoms with E-state index in [1.54, 1.807) is 11.0 Å². The van der Waals surface area contributed by atoms with Crippen LogP contribution < -0.4 is 14.5 Å². The van der Waals surface area contributed by atoms with Gasteiger partial charge in [-0.1, -0.05) is 29.5 Å². The Kier molecular flexibility index (Phi) is 6.59. The van der Waals surface area contributed by atoms with Crippen LogP contribution in [0.5, 0.6) is 5.75 Å². The van der Waals surface area contributed by atoms with Gasteiger partial charge in [0.2, 0.25) is 5.91 Å². The van der Waals surface area contributed by atoms with E-state index in [4.69, 9.17) is 4.74 Å². The number of carbonyl (C=O) groups excluding carboxylic acids is 1. The summed E-state index contributed by atoms with van der Waals surface area (Å²) in [4.78, 5) is 20.4. The first-order chi connectivity index (χ1) is 13.5. The van der Waals surface area contributed by atoms with E-state index in [0.717, 1.165) is 22.6 Å². The van der Waals surface area contributed by atoms with Crippen LogP contribution in [-0.4, -0.2) is 44.7 Å². The SMILES string of the molecule is CCOc1ccc(CC(=O)N(CC[NH+](C)C)c2nc3c(F)cccc3s2)cc1. The van der Waals surface area contributed by atoms with E-state index in [1.807, 2.05) is 51.4 Å². The predicted molar refractivity (Wildman–Crippen MR) is 111 cm³/mol. The Morgan fingerprint density at radius 2 is 1.96 bits per heavy atom. The maximum absolute atomic E-state index is 14.1. The molecule has 3 rings (SSSR count). The number of nitrogens with zero attached hydrogens (tertiary/aromatic N) is 2. The predicted octanol–water partition coefficient (Wildman–Crippen LogP) is 2.55. The van der Waals surface area contributed by atoms with Crippen LogP contribution in [0.3, 0.4) is 0 Å². The van der Waals surface area contributed by atoms with Gasteiger partial charge in [-0.3, -0.25) is 9.69 Å². The number of para-hydroxylation sites is 1. The molecule has 0 aliphatic heterocycles. The topological polar surface area (TPSA) is 46.9 Å². The van der Waals surface area contributed by atoms with Gasteiger partial charge in [0.05, 0.1) is 44.9 Å². The largest absolute Gasteiger partial charge is 0.494 e. The Labute approximate surface area is 168 Å². The summed E-state index contributed by atoms with van der Waals surface area (Å²) in [6, 6.07) is 12.4. The van der Waals surface area contributed by atoms with Crippen LogP contribution in [0.4, 0.5) is 9.52 Å². The van der Waals surface area contributed by atoms with Crippen molar-refractivity contribution in [1.29, 1.82) is 0 Å². The molecule has 7 heteroatoms. The lowest BCUT2D eigenvalue weighted by Gasteiger charge is -2.20. The molecule has 0 spiro atoms. The molecule has 1 N–H and O–H groups in total. The van der Waals surface area contributed by atoms with E-state index in [9.17, 15) is 9.18 Å². The third kappa shape index (κ3) is 4.85. The highest BCUT2D eigenvalue weighted by Crippen LogP contribution is 2.30. The van der Waals surface area contributed by atoms with Crippen molar-refractivity contribution in [1.82, 2.24) is 4.98 Å². The molecule has 0 aliphatic carbocycles. The molecule has 28 heavy (non-hydrogen) atoms. The Bertz CT molecular complexity index is 940. The molecule has 1 heterocycles. The van der Waals surface area contributed by atoms with Gasteiger partial charge in [0.25, 0.3) is 0 Å². The smallest absolute Gasteiger partial charge is 0.233 e. The Balaban J connectivity index is 1.83. The summed E-state index contributed by atoms with van der Waals surface area (Å²) in [5.41, 5.74) is 1.22. The number of nitrogens with one attached hydrogen (secondary N) is 1. The molecule has 148 valence electrons. The van der Waals surface area contributed by atoms with Crippen LogP contribution in [0, 0.1) is 5.82 Å². The van der Waals surface area contributed by atoms with Crippen molar-refractivity contribution in [2.45, 2.75) is 13.3 Å². The fourth-order valence-corrected chi connectivity index (χ4v) is 3.84. The number of ether oxygens (including phenoxy) is 1. The normalized spacial score (nSPS) is 11.2. The molecule has 3 aromatic rings. The first-order valence-electron chi connectivity index (χ1n) is 9.34. The zero-order valence-corrected chi connectivity index (χ0v) is 17.2. The molecular weight excluding hydrogens is 377 g/mol. The minimum absolute atomic E-state index is 0.0510. The van der Waals surface area contributed by atoms with Crippen molar-refractivity contribution >= 4 is 32.6 Å². The van der Waals surface area contributed by atoms with Gasteiger partial charge in [-0.25, -0.2) is 9.37 Å². The first-order valence-corrected chi connectivity index (χ1v) is 10.2. The number of hydrogen-bond acceptors (Lipinski definition) is 4. The molecule has 0 unspecified atom stereocenters. The Morgan fingerprint density at radius 3 is 2.61 bits per heavy atom. The minimum Gasteiger partial charge on any atom is -0.494 e. The van der Waals surface area contributed by atoms with Gasteiger partial charge < -0.3 is 9.64 Å². The molecule has 0 radical (unpaired) electrons. The lowest BCUT2D eigenvalue weighted by molar-refractivity contribution is -0.856. The number of fused-ring (bicyclic) bond motifs is 1. The van der Waals surface area contributed by atoms with Crippen LogP contribution >= 0.6 is 11.3 Å². The molecule has 0 atom stereocenters. The van der Waals surface area contributed by atoms with E-state index in [0.29, 0.717) is 23.8 Å². The molecule has 1 aromatic heterocycles. The van der Waals surface area contributed by atoms with Crippen molar-refractivity contribution in [3.8, 4) is 5.75 Å². The molecule has 5 nitrogen and oxygen atoms in total. The standard InChI is InChI=1S/C21H24FN3O2S/c1-4-27-16-10-8-15(9-11-16)14-19(26)25(13-12-24(2)3)21-23-20-17(22)6-5-7-18(20)28-21/h5-11H,4,12-14H2,1-3H3/p+1. The molecule has 1 amide bonds. The Morgan fingerprint density at radius 1 is 1.21 bits per heavy atom. The van der Waals surface area contributed by atoms with Gasteiger partial charge in [0.15, 0.2) is 5.13 Å². The van der Waals surface area contributed by atoms with Crippen LogP contribution in [0.1, 0.15) is 12.5 Å². The van der Waals surface area contributed by atoms with Crippen molar-refractivity contribution in [3.63, 3.8) is 0 Å². The average molecular weight is 403 g/mol. The van der Waals surface area contributed by atoms with Crippen LogP contribution in [0.15, 0.2) is 42.5 Å². The summed E-state index contributed by atoms with van der Waals surface area (Å²) in [5, 5.41) is 0.539. The fourth-order valence-electron chi connectivity index (χ4n) is 2.82. The number of hydrogen-bond donors (Lipinski definition) is 1. The zero-order valence-electron chi connectivity index (χ0n) is 16.4. The minimum atomic E-state index is -0.364. The van der Waals surface area contributed by atoms with Crippen molar-refractivity contribution in [3.05, 3.63) is 53.8 Å². The van der Waals surface area contributed by atoms with Gasteiger partial charge in [-0.15, -0.1) is 0 Å². The van der Waals surface area contributed by atoms with Gasteiger partial charge in [-0.2, -0.15) is 0 Å². The maximum Gasteiger partial charge on any atom is 0.233 e. The quantitative estimate of drug-likeness (QED) is 0.630. The molecule has 0 saturated carbocycles. The van der Waals surface area contributed by atoms with Crippen LogP contribution in [0.25, 0.3) is 10.2 Å². The van der Waals surface area contributed by atoms with E-state index in [1.165, 1.54) is 22.3 Å². The highest BCUT2D eigenvalue weighted by atomic mass is 32.1. The number of anilines is 1. The monoisotopic (exact) mass is 402 g/mol. The first kappa shape index (κ1) is 20.2. The summed E-state index contributed by atoms with van der Waals surface area (Å²) >= 11 is 1.34. The number of benzene rings is 2. The van der Waals surface area contributed by atoms with Gasteiger partial charge in [0.1, 0.15) is 17.1 Å². The second kappa shape index (κ2) is 9.12. The molecule has 0 bridgehead atoms. The highest BCUT2D eigenvalue weighted by molar-refractivity contribution is 7.22. The maximum atomic E-state index is 14.1. The van der Waals surface area contributed by atoms with E-state index in [2.05, 4.69) is 4.98 Å². The van der Waals surface area contributed by atoms with Gasteiger partial charge in [0, 0.05) is 0 Å². The number of carbonyl (C=O) groups is 1. The third-order valence-electron chi connectivity index (χ3n) is 4.32. The van der Waals surface area contributed by atoms with Gasteiger partial charge >= 0.3 is 0 Å². The number of rotatable bonds is 8. The number of quaternary nitrogens is 1. The number of amides is 1. The molecule has 2 aromatic carbocycles. The average Bonchev–Trinajstić information content (AvgIpc) is 3.09. The fraction of sp³-hybridized carbons (Fsp3) is 0.333. The molecule has 0 saturated heterocycles. The molecule has 0 aliphatic rings. The van der Waals surface area contributed by atoms with Crippen LogP contribution in [-0.2, 0) is 11.2 Å². The lowest BCUT2D eigenvalue weighted by Crippen LogP contribution is -3.06. The summed E-state index contributed by atoms with van der Waals surface area (Å²) in [6.07, 6.45) is 0.258. The van der Waals surface area contributed by atoms with Crippen molar-refractivity contribution in [2.75, 3.05) is 38.7 Å².